The minimum absolute atomic E-state index is 0.0529. The van der Waals surface area contributed by atoms with Crippen LogP contribution in [0, 0.1) is 12.7 Å². The molecule has 1 fully saturated rings. The molecule has 4 rings (SSSR count). The number of fused-ring (bicyclic) bond motifs is 1. The number of hydrogen-bond acceptors (Lipinski definition) is 4. The summed E-state index contributed by atoms with van der Waals surface area (Å²) in [5, 5.41) is 25.4. The van der Waals surface area contributed by atoms with Gasteiger partial charge < -0.3 is 10.7 Å². The molecular weight excluding hydrogens is 333 g/mol. The average molecular weight is 352 g/mol. The lowest BCUT2D eigenvalue weighted by Crippen LogP contribution is -2.29. The number of H-pyrrole nitrogens is 1. The Hall–Kier alpha value is -2.87. The van der Waals surface area contributed by atoms with Crippen molar-refractivity contribution in [3.63, 3.8) is 0 Å². The zero-order valence-corrected chi connectivity index (χ0v) is 14.4. The van der Waals surface area contributed by atoms with Crippen LogP contribution in [-0.2, 0) is 0 Å². The molecule has 1 aromatic carbocycles. The second-order valence-electron chi connectivity index (χ2n) is 6.48. The molecule has 2 N–H and O–H groups in total. The summed E-state index contributed by atoms with van der Waals surface area (Å²) < 4.78 is 16.3. The number of nitrogens with zero attached hydrogens (tertiary/aromatic N) is 5. The number of allylic oxidation sites excluding steroid dienone is 1. The highest BCUT2D eigenvalue weighted by molar-refractivity contribution is 6.13. The third-order valence-electron chi connectivity index (χ3n) is 4.56. The fourth-order valence-corrected chi connectivity index (χ4v) is 3.20. The molecule has 0 bridgehead atoms. The summed E-state index contributed by atoms with van der Waals surface area (Å²) in [6.45, 7) is 3.67. The van der Waals surface area contributed by atoms with E-state index in [1.807, 2.05) is 10.9 Å². The van der Waals surface area contributed by atoms with Gasteiger partial charge in [-0.3, -0.25) is 9.78 Å². The number of piperidine rings is 1. The average Bonchev–Trinajstić information content (AvgIpc) is 3.27. The van der Waals surface area contributed by atoms with Gasteiger partial charge in [-0.15, -0.1) is 0 Å². The SMILES string of the molecule is Cc1nc(/C=C\C(=[N-])c2cc(F)c3nn(C4CCNCC4)cc3c2)n[nH]1. The highest BCUT2D eigenvalue weighted by Gasteiger charge is 2.17. The summed E-state index contributed by atoms with van der Waals surface area (Å²) in [5.74, 6) is 0.690. The normalized spacial score (nSPS) is 15.9. The molecule has 8 heteroatoms. The molecule has 0 spiro atoms. The second-order valence-corrected chi connectivity index (χ2v) is 6.48. The predicted octanol–water partition coefficient (Wildman–Crippen LogP) is 2.60. The summed E-state index contributed by atoms with van der Waals surface area (Å²) in [7, 11) is 0. The van der Waals surface area contributed by atoms with E-state index in [1.54, 1.807) is 19.1 Å². The summed E-state index contributed by atoms with van der Waals surface area (Å²) in [4.78, 5) is 4.13. The quantitative estimate of drug-likeness (QED) is 0.706. The largest absolute Gasteiger partial charge is 0.803 e. The molecular formula is C18H19FN7-. The van der Waals surface area contributed by atoms with Crippen molar-refractivity contribution in [1.82, 2.24) is 30.3 Å². The molecule has 0 saturated carbocycles. The van der Waals surface area contributed by atoms with E-state index in [0.29, 0.717) is 28.1 Å². The van der Waals surface area contributed by atoms with Gasteiger partial charge in [0.05, 0.1) is 6.04 Å². The third kappa shape index (κ3) is 3.28. The molecule has 0 unspecified atom stereocenters. The van der Waals surface area contributed by atoms with Crippen LogP contribution < -0.4 is 5.32 Å². The molecule has 134 valence electrons. The summed E-state index contributed by atoms with van der Waals surface area (Å²) >= 11 is 0. The number of rotatable bonds is 4. The Balaban J connectivity index is 1.61. The topological polar surface area (TPSA) is 93.7 Å². The minimum Gasteiger partial charge on any atom is -0.803 e. The minimum atomic E-state index is -0.445. The Morgan fingerprint density at radius 2 is 2.15 bits per heavy atom. The smallest absolute Gasteiger partial charge is 0.173 e. The fraction of sp³-hybridized carbons (Fsp3) is 0.333. The van der Waals surface area contributed by atoms with E-state index in [0.717, 1.165) is 25.9 Å². The molecule has 1 saturated heterocycles. The van der Waals surface area contributed by atoms with Crippen LogP contribution in [0.5, 0.6) is 0 Å². The Labute approximate surface area is 149 Å². The first-order valence-corrected chi connectivity index (χ1v) is 8.62. The second kappa shape index (κ2) is 6.80. The molecule has 1 aliphatic rings. The number of aromatic amines is 1. The highest BCUT2D eigenvalue weighted by Crippen LogP contribution is 2.24. The van der Waals surface area contributed by atoms with Gasteiger partial charge in [0.25, 0.3) is 0 Å². The summed E-state index contributed by atoms with van der Waals surface area (Å²) in [5.41, 5.74) is 0.667. The molecule has 3 aromatic rings. The number of hydrogen-bond donors (Lipinski definition) is 2. The standard InChI is InChI=1S/C18H19FN7/c1-11-22-17(24-23-11)3-2-16(20)12-8-13-10-26(14-4-6-21-7-5-14)25-18(13)15(19)9-12/h2-3,8-10,14,21H,4-7H2,1H3,(H,22,23,24)/q-1/b3-2-. The van der Waals surface area contributed by atoms with Crippen molar-refractivity contribution in [3.8, 4) is 0 Å². The third-order valence-corrected chi connectivity index (χ3v) is 4.56. The van der Waals surface area contributed by atoms with Crippen molar-refractivity contribution in [1.29, 1.82) is 0 Å². The van der Waals surface area contributed by atoms with E-state index in [-0.39, 0.29) is 11.8 Å². The zero-order chi connectivity index (χ0) is 18.1. The van der Waals surface area contributed by atoms with Crippen LogP contribution >= 0.6 is 0 Å². The van der Waals surface area contributed by atoms with Crippen molar-refractivity contribution in [2.45, 2.75) is 25.8 Å². The number of halogens is 1. The first-order chi connectivity index (χ1) is 12.6. The van der Waals surface area contributed by atoms with Crippen molar-refractivity contribution < 1.29 is 4.39 Å². The van der Waals surface area contributed by atoms with Crippen LogP contribution in [0.3, 0.4) is 0 Å². The van der Waals surface area contributed by atoms with E-state index in [2.05, 4.69) is 25.6 Å². The molecule has 0 amide bonds. The van der Waals surface area contributed by atoms with Gasteiger partial charge >= 0.3 is 0 Å². The van der Waals surface area contributed by atoms with Crippen LogP contribution in [0.2, 0.25) is 0 Å². The lowest BCUT2D eigenvalue weighted by molar-refractivity contribution is 0.344. The van der Waals surface area contributed by atoms with Gasteiger partial charge in [0.15, 0.2) is 11.6 Å². The van der Waals surface area contributed by atoms with E-state index in [9.17, 15) is 9.80 Å². The van der Waals surface area contributed by atoms with Gasteiger partial charge in [0.2, 0.25) is 0 Å². The molecule has 0 radical (unpaired) electrons. The van der Waals surface area contributed by atoms with Gasteiger partial charge in [0, 0.05) is 11.6 Å². The number of aryl methyl sites for hydroxylation is 1. The van der Waals surface area contributed by atoms with Gasteiger partial charge in [-0.2, -0.15) is 15.9 Å². The van der Waals surface area contributed by atoms with Gasteiger partial charge in [-0.05, 0) is 56.6 Å². The van der Waals surface area contributed by atoms with Crippen molar-refractivity contribution in [3.05, 3.63) is 52.8 Å². The predicted molar refractivity (Wildman–Crippen MR) is 98.5 cm³/mol. The maximum Gasteiger partial charge on any atom is 0.173 e. The van der Waals surface area contributed by atoms with Crippen LogP contribution in [0.1, 0.15) is 36.1 Å². The van der Waals surface area contributed by atoms with E-state index < -0.39 is 5.82 Å². The number of nitrogens with one attached hydrogen (secondary N) is 2. The van der Waals surface area contributed by atoms with E-state index in [4.69, 9.17) is 0 Å². The lowest BCUT2D eigenvalue weighted by Gasteiger charge is -2.22. The number of benzene rings is 1. The van der Waals surface area contributed by atoms with Crippen LogP contribution in [0.4, 0.5) is 4.39 Å². The first-order valence-electron chi connectivity index (χ1n) is 8.62. The summed E-state index contributed by atoms with van der Waals surface area (Å²) in [6, 6.07) is 3.31. The van der Waals surface area contributed by atoms with Crippen LogP contribution in [-0.4, -0.2) is 43.8 Å². The Morgan fingerprint density at radius 1 is 1.35 bits per heavy atom. The zero-order valence-electron chi connectivity index (χ0n) is 14.4. The molecule has 0 atom stereocenters. The number of aromatic nitrogens is 5. The van der Waals surface area contributed by atoms with Crippen molar-refractivity contribution >= 4 is 22.7 Å². The molecule has 3 heterocycles. The van der Waals surface area contributed by atoms with Crippen molar-refractivity contribution in [2.75, 3.05) is 13.1 Å². The van der Waals surface area contributed by atoms with Crippen molar-refractivity contribution in [2.24, 2.45) is 0 Å². The molecule has 2 aromatic heterocycles. The molecule has 0 aliphatic carbocycles. The molecule has 1 aliphatic heterocycles. The molecule has 26 heavy (non-hydrogen) atoms. The van der Waals surface area contributed by atoms with E-state index >= 15 is 0 Å². The molecule has 7 nitrogen and oxygen atoms in total. The van der Waals surface area contributed by atoms with E-state index in [1.165, 1.54) is 12.1 Å². The Morgan fingerprint density at radius 3 is 2.88 bits per heavy atom. The van der Waals surface area contributed by atoms with Gasteiger partial charge in [-0.25, -0.2) is 9.37 Å². The first kappa shape index (κ1) is 16.6. The van der Waals surface area contributed by atoms with Crippen LogP contribution in [0.25, 0.3) is 22.4 Å². The monoisotopic (exact) mass is 352 g/mol. The van der Waals surface area contributed by atoms with Gasteiger partial charge in [-0.1, -0.05) is 6.08 Å². The fourth-order valence-electron chi connectivity index (χ4n) is 3.20. The Bertz CT molecular complexity index is 979. The maximum absolute atomic E-state index is 14.5. The van der Waals surface area contributed by atoms with Crippen LogP contribution in [0.15, 0.2) is 24.4 Å². The lowest BCUT2D eigenvalue weighted by atomic mass is 10.1. The Kier molecular flexibility index (Phi) is 4.34. The maximum atomic E-state index is 14.5. The highest BCUT2D eigenvalue weighted by atomic mass is 19.1. The van der Waals surface area contributed by atoms with Gasteiger partial charge in [0.1, 0.15) is 11.3 Å². The summed E-state index contributed by atoms with van der Waals surface area (Å²) in [6.07, 6.45) is 6.82.